The minimum Gasteiger partial charge on any atom is -0.277 e. The minimum absolute atomic E-state index is 0.184. The highest BCUT2D eigenvalue weighted by molar-refractivity contribution is 6.19. The van der Waals surface area contributed by atoms with Crippen LogP contribution in [0.15, 0.2) is 24.8 Å². The lowest BCUT2D eigenvalue weighted by molar-refractivity contribution is -0.146. The molecule has 5 heteroatoms. The van der Waals surface area contributed by atoms with Crippen molar-refractivity contribution in [3.63, 3.8) is 0 Å². The van der Waals surface area contributed by atoms with Gasteiger partial charge in [-0.05, 0) is 19.3 Å². The van der Waals surface area contributed by atoms with Crippen LogP contribution in [-0.2, 0) is 9.59 Å². The van der Waals surface area contributed by atoms with Crippen LogP contribution in [0.2, 0.25) is 0 Å². The van der Waals surface area contributed by atoms with E-state index in [1.807, 2.05) is 6.92 Å². The lowest BCUT2D eigenvalue weighted by Crippen LogP contribution is -2.64. The Balaban J connectivity index is 3.21. The first-order valence-corrected chi connectivity index (χ1v) is 5.39. The molecule has 0 aliphatic carbocycles. The van der Waals surface area contributed by atoms with Crippen LogP contribution >= 0.6 is 0 Å². The van der Waals surface area contributed by atoms with E-state index in [1.54, 1.807) is 19.1 Å². The van der Waals surface area contributed by atoms with Crippen molar-refractivity contribution in [2.75, 3.05) is 0 Å². The zero-order chi connectivity index (χ0) is 13.1. The van der Waals surface area contributed by atoms with Crippen molar-refractivity contribution in [3.05, 3.63) is 24.8 Å². The normalized spacial score (nSPS) is 20.9. The topological polar surface area (TPSA) is 75.3 Å². The summed E-state index contributed by atoms with van der Waals surface area (Å²) in [5.41, 5.74) is -1.29. The number of hydrogen-bond donors (Lipinski definition) is 2. The van der Waals surface area contributed by atoms with Crippen LogP contribution in [0.5, 0.6) is 0 Å². The zero-order valence-electron chi connectivity index (χ0n) is 9.95. The summed E-state index contributed by atoms with van der Waals surface area (Å²) in [4.78, 5) is 35.0. The lowest BCUT2D eigenvalue weighted by atomic mass is 9.71. The van der Waals surface area contributed by atoms with Crippen LogP contribution in [0.1, 0.15) is 20.3 Å². The lowest BCUT2D eigenvalue weighted by Gasteiger charge is -2.36. The number of amides is 4. The molecule has 2 N–H and O–H groups in total. The molecule has 1 rings (SSSR count). The van der Waals surface area contributed by atoms with Crippen LogP contribution in [0.25, 0.3) is 0 Å². The van der Waals surface area contributed by atoms with Gasteiger partial charge in [-0.25, -0.2) is 4.79 Å². The number of rotatable bonds is 4. The Morgan fingerprint density at radius 1 is 1.29 bits per heavy atom. The van der Waals surface area contributed by atoms with Gasteiger partial charge in [-0.1, -0.05) is 25.2 Å². The highest BCUT2D eigenvalue weighted by atomic mass is 16.2. The molecule has 0 saturated carbocycles. The van der Waals surface area contributed by atoms with Gasteiger partial charge >= 0.3 is 6.03 Å². The maximum Gasteiger partial charge on any atom is 0.328 e. The first kappa shape index (κ1) is 13.2. The third-order valence-corrected chi connectivity index (χ3v) is 2.99. The maximum absolute atomic E-state index is 12.0. The Hall–Kier alpha value is -1.91. The molecule has 1 fully saturated rings. The Morgan fingerprint density at radius 2 is 1.82 bits per heavy atom. The van der Waals surface area contributed by atoms with Crippen molar-refractivity contribution < 1.29 is 14.4 Å². The summed E-state index contributed by atoms with van der Waals surface area (Å²) in [6.45, 7) is 7.13. The quantitative estimate of drug-likeness (QED) is 0.567. The van der Waals surface area contributed by atoms with Gasteiger partial charge in [-0.3, -0.25) is 20.2 Å². The number of urea groups is 1. The van der Waals surface area contributed by atoms with E-state index in [0.29, 0.717) is 0 Å². The second kappa shape index (κ2) is 4.95. The van der Waals surface area contributed by atoms with Gasteiger partial charge < -0.3 is 0 Å². The molecule has 1 saturated heterocycles. The SMILES string of the molecule is C=CCC1(C(C)C=CC)C(=O)NC(=O)NC1=O. The Morgan fingerprint density at radius 3 is 2.24 bits per heavy atom. The molecule has 92 valence electrons. The van der Waals surface area contributed by atoms with Gasteiger partial charge in [0.05, 0.1) is 0 Å². The second-order valence-corrected chi connectivity index (χ2v) is 4.02. The number of barbiturate groups is 1. The number of carbonyl (C=O) groups is 3. The summed E-state index contributed by atoms with van der Waals surface area (Å²) in [5.74, 6) is -1.47. The number of nitrogens with one attached hydrogen (secondary N) is 2. The first-order chi connectivity index (χ1) is 7.98. The van der Waals surface area contributed by atoms with Gasteiger partial charge in [0.25, 0.3) is 0 Å². The average Bonchev–Trinajstić information content (AvgIpc) is 2.23. The van der Waals surface area contributed by atoms with Gasteiger partial charge in [-0.15, -0.1) is 6.58 Å². The molecule has 0 bridgehead atoms. The van der Waals surface area contributed by atoms with Crippen molar-refractivity contribution in [1.82, 2.24) is 10.6 Å². The molecule has 0 spiro atoms. The first-order valence-electron chi connectivity index (χ1n) is 5.39. The largest absolute Gasteiger partial charge is 0.328 e. The van der Waals surface area contributed by atoms with Crippen molar-refractivity contribution in [1.29, 1.82) is 0 Å². The van der Waals surface area contributed by atoms with Crippen LogP contribution in [0.4, 0.5) is 4.79 Å². The van der Waals surface area contributed by atoms with Gasteiger partial charge in [0.1, 0.15) is 5.41 Å². The van der Waals surface area contributed by atoms with Crippen molar-refractivity contribution in [3.8, 4) is 0 Å². The van der Waals surface area contributed by atoms with Gasteiger partial charge in [0, 0.05) is 0 Å². The van der Waals surface area contributed by atoms with E-state index in [-0.39, 0.29) is 12.3 Å². The van der Waals surface area contributed by atoms with E-state index >= 15 is 0 Å². The zero-order valence-corrected chi connectivity index (χ0v) is 9.95. The van der Waals surface area contributed by atoms with E-state index < -0.39 is 23.3 Å². The predicted molar refractivity (Wildman–Crippen MR) is 62.9 cm³/mol. The summed E-state index contributed by atoms with van der Waals surface area (Å²) in [6.07, 6.45) is 5.23. The number of hydrogen-bond acceptors (Lipinski definition) is 3. The Labute approximate surface area is 100.0 Å². The molecule has 4 amide bonds. The molecule has 1 aliphatic rings. The highest BCUT2D eigenvalue weighted by Gasteiger charge is 2.52. The van der Waals surface area contributed by atoms with E-state index in [2.05, 4.69) is 17.2 Å². The van der Waals surface area contributed by atoms with E-state index in [1.165, 1.54) is 6.08 Å². The molecule has 1 aliphatic heterocycles. The highest BCUT2D eigenvalue weighted by Crippen LogP contribution is 2.35. The standard InChI is InChI=1S/C12H16N2O3/c1-4-6-8(3)12(7-5-2)9(15)13-11(17)14-10(12)16/h4-6,8H,2,7H2,1,3H3,(H2,13,14,15,16,17). The molecule has 1 atom stereocenters. The van der Waals surface area contributed by atoms with Gasteiger partial charge in [-0.2, -0.15) is 0 Å². The third-order valence-electron chi connectivity index (χ3n) is 2.99. The van der Waals surface area contributed by atoms with Crippen molar-refractivity contribution >= 4 is 17.8 Å². The van der Waals surface area contributed by atoms with Crippen LogP contribution in [-0.4, -0.2) is 17.8 Å². The smallest absolute Gasteiger partial charge is 0.277 e. The molecule has 1 heterocycles. The fourth-order valence-corrected chi connectivity index (χ4v) is 2.03. The molecule has 0 aromatic carbocycles. The summed E-state index contributed by atoms with van der Waals surface area (Å²) in [5, 5.41) is 4.27. The number of carbonyl (C=O) groups excluding carboxylic acids is 3. The van der Waals surface area contributed by atoms with E-state index in [0.717, 1.165) is 0 Å². The fraction of sp³-hybridized carbons (Fsp3) is 0.417. The second-order valence-electron chi connectivity index (χ2n) is 4.02. The average molecular weight is 236 g/mol. The van der Waals surface area contributed by atoms with Crippen LogP contribution in [0, 0.1) is 11.3 Å². The summed E-state index contributed by atoms with van der Waals surface area (Å²) in [6, 6.07) is -0.771. The molecule has 1 unspecified atom stereocenters. The predicted octanol–water partition coefficient (Wildman–Crippen LogP) is 1.13. The fourth-order valence-electron chi connectivity index (χ4n) is 2.03. The maximum atomic E-state index is 12.0. The minimum atomic E-state index is -1.29. The monoisotopic (exact) mass is 236 g/mol. The summed E-state index contributed by atoms with van der Waals surface area (Å²) in [7, 11) is 0. The van der Waals surface area contributed by atoms with Gasteiger partial charge in [0.2, 0.25) is 11.8 Å². The molecular weight excluding hydrogens is 220 g/mol. The molecule has 0 radical (unpaired) electrons. The van der Waals surface area contributed by atoms with Gasteiger partial charge in [0.15, 0.2) is 0 Å². The van der Waals surface area contributed by atoms with Crippen molar-refractivity contribution in [2.45, 2.75) is 20.3 Å². The molecule has 0 aromatic heterocycles. The number of allylic oxidation sites excluding steroid dienone is 3. The Kier molecular flexibility index (Phi) is 3.83. The van der Waals surface area contributed by atoms with Crippen molar-refractivity contribution in [2.24, 2.45) is 11.3 Å². The third kappa shape index (κ3) is 2.13. The van der Waals surface area contributed by atoms with E-state index in [9.17, 15) is 14.4 Å². The van der Waals surface area contributed by atoms with Crippen LogP contribution < -0.4 is 10.6 Å². The molecule has 17 heavy (non-hydrogen) atoms. The summed E-state index contributed by atoms with van der Waals surface area (Å²) < 4.78 is 0. The van der Waals surface area contributed by atoms with Crippen LogP contribution in [0.3, 0.4) is 0 Å². The molecule has 0 aromatic rings. The number of imide groups is 2. The summed E-state index contributed by atoms with van der Waals surface area (Å²) >= 11 is 0. The van der Waals surface area contributed by atoms with E-state index in [4.69, 9.17) is 0 Å². The molecular formula is C12H16N2O3. The Bertz CT molecular complexity index is 379. The molecule has 5 nitrogen and oxygen atoms in total.